The summed E-state index contributed by atoms with van der Waals surface area (Å²) in [6, 6.07) is 5.22. The van der Waals surface area contributed by atoms with E-state index in [-0.39, 0.29) is 5.56 Å². The van der Waals surface area contributed by atoms with Crippen LogP contribution in [0, 0.1) is 11.8 Å². The third-order valence-corrected chi connectivity index (χ3v) is 4.08. The second-order valence-corrected chi connectivity index (χ2v) is 5.27. The lowest BCUT2D eigenvalue weighted by molar-refractivity contribution is 0.0698. The number of aromatic carboxylic acids is 1. The molecule has 1 aromatic carbocycles. The van der Waals surface area contributed by atoms with Gasteiger partial charge in [-0.05, 0) is 42.9 Å². The molecule has 98 valence electrons. The first kappa shape index (κ1) is 12.7. The van der Waals surface area contributed by atoms with Gasteiger partial charge in [-0.15, -0.1) is 0 Å². The first-order valence-electron chi connectivity index (χ1n) is 6.38. The Labute approximate surface area is 107 Å². The van der Waals surface area contributed by atoms with E-state index in [1.807, 2.05) is 0 Å². The quantitative estimate of drug-likeness (QED) is 0.719. The summed E-state index contributed by atoms with van der Waals surface area (Å²) in [4.78, 5) is 11.2. The fourth-order valence-corrected chi connectivity index (χ4v) is 2.64. The van der Waals surface area contributed by atoms with Gasteiger partial charge in [-0.3, -0.25) is 0 Å². The van der Waals surface area contributed by atoms with Crippen LogP contribution < -0.4 is 11.1 Å². The smallest absolute Gasteiger partial charge is 0.337 e. The second-order valence-electron chi connectivity index (χ2n) is 5.27. The summed E-state index contributed by atoms with van der Waals surface area (Å²) in [6.07, 6.45) is 2.26. The third-order valence-electron chi connectivity index (χ3n) is 4.08. The lowest BCUT2D eigenvalue weighted by atomic mass is 9.97. The summed E-state index contributed by atoms with van der Waals surface area (Å²) < 4.78 is 0. The van der Waals surface area contributed by atoms with Gasteiger partial charge in [-0.25, -0.2) is 4.79 Å². The Bertz CT molecular complexity index is 459. The van der Waals surface area contributed by atoms with E-state index in [1.54, 1.807) is 18.2 Å². The van der Waals surface area contributed by atoms with Crippen LogP contribution in [0.1, 0.15) is 37.0 Å². The fraction of sp³-hybridized carbons (Fsp3) is 0.500. The van der Waals surface area contributed by atoms with Crippen LogP contribution in [0.25, 0.3) is 0 Å². The van der Waals surface area contributed by atoms with Gasteiger partial charge in [0, 0.05) is 11.7 Å². The minimum absolute atomic E-state index is 0.288. The van der Waals surface area contributed by atoms with Crippen molar-refractivity contribution in [3.63, 3.8) is 0 Å². The van der Waals surface area contributed by atoms with E-state index in [1.165, 1.54) is 6.42 Å². The van der Waals surface area contributed by atoms with E-state index in [2.05, 4.69) is 19.2 Å². The van der Waals surface area contributed by atoms with E-state index < -0.39 is 5.97 Å². The highest BCUT2D eigenvalue weighted by atomic mass is 16.4. The minimum atomic E-state index is -0.920. The Morgan fingerprint density at radius 2 is 2.11 bits per heavy atom. The third kappa shape index (κ3) is 2.42. The van der Waals surface area contributed by atoms with Crippen LogP contribution in [0.2, 0.25) is 0 Å². The number of carboxylic acid groups (broad SMARTS) is 1. The molecule has 18 heavy (non-hydrogen) atoms. The maximum absolute atomic E-state index is 11.2. The second kappa shape index (κ2) is 4.88. The van der Waals surface area contributed by atoms with Gasteiger partial charge >= 0.3 is 5.97 Å². The van der Waals surface area contributed by atoms with Gasteiger partial charge in [-0.1, -0.05) is 13.8 Å². The lowest BCUT2D eigenvalue weighted by Crippen LogP contribution is -2.25. The number of hydrogen-bond donors (Lipinski definition) is 3. The maximum Gasteiger partial charge on any atom is 0.337 e. The molecular formula is C14H20N2O2. The Balaban J connectivity index is 2.23. The van der Waals surface area contributed by atoms with Crippen molar-refractivity contribution < 1.29 is 9.90 Å². The highest BCUT2D eigenvalue weighted by molar-refractivity contribution is 5.95. The average molecular weight is 248 g/mol. The standard InChI is InChI=1S/C14H20N2O2/c1-8-3-6-12(9(8)2)16-13-7-10(15)4-5-11(13)14(17)18/h4-5,7-9,12,16H,3,6,15H2,1-2H3,(H,17,18). The number of nitrogens with one attached hydrogen (secondary N) is 1. The highest BCUT2D eigenvalue weighted by Crippen LogP contribution is 2.34. The number of benzene rings is 1. The van der Waals surface area contributed by atoms with Crippen LogP contribution >= 0.6 is 0 Å². The van der Waals surface area contributed by atoms with Gasteiger partial charge < -0.3 is 16.2 Å². The van der Waals surface area contributed by atoms with Gasteiger partial charge in [0.2, 0.25) is 0 Å². The molecule has 1 aliphatic rings. The van der Waals surface area contributed by atoms with Crippen molar-refractivity contribution in [2.75, 3.05) is 11.1 Å². The topological polar surface area (TPSA) is 75.3 Å². The van der Waals surface area contributed by atoms with Gasteiger partial charge in [0.25, 0.3) is 0 Å². The van der Waals surface area contributed by atoms with Crippen molar-refractivity contribution in [2.45, 2.75) is 32.7 Å². The molecule has 0 spiro atoms. The average Bonchev–Trinajstić information content (AvgIpc) is 2.61. The van der Waals surface area contributed by atoms with Crippen molar-refractivity contribution in [3.05, 3.63) is 23.8 Å². The molecule has 0 aromatic heterocycles. The van der Waals surface area contributed by atoms with Crippen molar-refractivity contribution in [1.29, 1.82) is 0 Å². The predicted molar refractivity (Wildman–Crippen MR) is 72.8 cm³/mol. The largest absolute Gasteiger partial charge is 0.478 e. The number of anilines is 2. The Morgan fingerprint density at radius 1 is 1.39 bits per heavy atom. The minimum Gasteiger partial charge on any atom is -0.478 e. The molecule has 0 heterocycles. The van der Waals surface area contributed by atoms with Gasteiger partial charge in [0.15, 0.2) is 0 Å². The van der Waals surface area contributed by atoms with E-state index in [9.17, 15) is 4.79 Å². The molecule has 0 radical (unpaired) electrons. The van der Waals surface area contributed by atoms with Gasteiger partial charge in [-0.2, -0.15) is 0 Å². The fourth-order valence-electron chi connectivity index (χ4n) is 2.64. The summed E-state index contributed by atoms with van der Waals surface area (Å²) in [6.45, 7) is 4.45. The Morgan fingerprint density at radius 3 is 2.67 bits per heavy atom. The molecule has 0 bridgehead atoms. The number of nitrogen functional groups attached to an aromatic ring is 1. The van der Waals surface area contributed by atoms with Crippen molar-refractivity contribution in [2.24, 2.45) is 11.8 Å². The lowest BCUT2D eigenvalue weighted by Gasteiger charge is -2.22. The van der Waals surface area contributed by atoms with Crippen molar-refractivity contribution in [3.8, 4) is 0 Å². The maximum atomic E-state index is 11.2. The zero-order valence-electron chi connectivity index (χ0n) is 10.8. The Hall–Kier alpha value is -1.71. The molecule has 0 saturated heterocycles. The van der Waals surface area contributed by atoms with Crippen molar-refractivity contribution >= 4 is 17.3 Å². The molecule has 1 aromatic rings. The van der Waals surface area contributed by atoms with Crippen molar-refractivity contribution in [1.82, 2.24) is 0 Å². The summed E-state index contributed by atoms with van der Waals surface area (Å²) in [5.41, 5.74) is 7.24. The van der Waals surface area contributed by atoms with Crippen LogP contribution in [0.3, 0.4) is 0 Å². The number of carboxylic acids is 1. The molecule has 1 saturated carbocycles. The summed E-state index contributed by atoms with van der Waals surface area (Å²) in [7, 11) is 0. The van der Waals surface area contributed by atoms with Crippen LogP contribution in [0.4, 0.5) is 11.4 Å². The number of rotatable bonds is 3. The first-order valence-corrected chi connectivity index (χ1v) is 6.38. The van der Waals surface area contributed by atoms with Crippen LogP contribution in [0.15, 0.2) is 18.2 Å². The molecule has 1 aliphatic carbocycles. The van der Waals surface area contributed by atoms with E-state index in [0.717, 1.165) is 6.42 Å². The molecule has 3 atom stereocenters. The predicted octanol–water partition coefficient (Wildman–Crippen LogP) is 2.81. The molecule has 4 nitrogen and oxygen atoms in total. The van der Waals surface area contributed by atoms with E-state index >= 15 is 0 Å². The summed E-state index contributed by atoms with van der Waals surface area (Å²) >= 11 is 0. The normalized spacial score (nSPS) is 27.1. The number of hydrogen-bond acceptors (Lipinski definition) is 3. The molecule has 1 fully saturated rings. The number of carbonyl (C=O) groups is 1. The highest BCUT2D eigenvalue weighted by Gasteiger charge is 2.30. The van der Waals surface area contributed by atoms with Gasteiger partial charge in [0.1, 0.15) is 0 Å². The molecular weight excluding hydrogens is 228 g/mol. The monoisotopic (exact) mass is 248 g/mol. The zero-order chi connectivity index (χ0) is 13.3. The number of nitrogens with two attached hydrogens (primary N) is 1. The van der Waals surface area contributed by atoms with Crippen LogP contribution in [-0.4, -0.2) is 17.1 Å². The SMILES string of the molecule is CC1CCC(Nc2cc(N)ccc2C(=O)O)C1C. The van der Waals surface area contributed by atoms with Crippen LogP contribution in [-0.2, 0) is 0 Å². The summed E-state index contributed by atoms with van der Waals surface area (Å²) in [5.74, 6) is 0.307. The zero-order valence-corrected chi connectivity index (χ0v) is 10.8. The van der Waals surface area contributed by atoms with E-state index in [0.29, 0.717) is 29.3 Å². The molecule has 2 rings (SSSR count). The van der Waals surface area contributed by atoms with Gasteiger partial charge in [0.05, 0.1) is 11.3 Å². The Kier molecular flexibility index (Phi) is 3.45. The molecule has 0 amide bonds. The molecule has 4 N–H and O–H groups in total. The first-order chi connectivity index (χ1) is 8.49. The molecule has 3 unspecified atom stereocenters. The summed E-state index contributed by atoms with van der Waals surface area (Å²) in [5, 5.41) is 12.5. The van der Waals surface area contributed by atoms with Crippen LogP contribution in [0.5, 0.6) is 0 Å². The van der Waals surface area contributed by atoms with E-state index in [4.69, 9.17) is 10.8 Å². The molecule has 4 heteroatoms. The molecule has 0 aliphatic heterocycles.